The number of nitrogens with one attached hydrogen (secondary N) is 2. The minimum Gasteiger partial charge on any atom is -0.406 e. The number of rotatable bonds is 4. The number of aromatic nitrogens is 1. The molecular weight excluding hydrogens is 395 g/mol. The Balaban J connectivity index is 1.79. The number of halogens is 3. The second kappa shape index (κ2) is 6.76. The number of nitrogens with zero attached hydrogens (tertiary/aromatic N) is 1. The standard InChI is InChI=1S/C14H12F3N3O4S2/c15-14(16,17)24-8-3-5-9(6-4-8)26(22,23)20-13-19-10-2-1-7-18-12(21)11(10)25-13/h3-6H,1-2,7H2,(H,18,21)(H,19,20). The van der Waals surface area contributed by atoms with Gasteiger partial charge in [0, 0.05) is 6.54 Å². The monoisotopic (exact) mass is 407 g/mol. The number of thiazole rings is 1. The van der Waals surface area contributed by atoms with Crippen molar-refractivity contribution in [2.45, 2.75) is 24.1 Å². The van der Waals surface area contributed by atoms with E-state index < -0.39 is 22.1 Å². The number of hydrogen-bond acceptors (Lipinski definition) is 6. The van der Waals surface area contributed by atoms with E-state index in [1.807, 2.05) is 0 Å². The first-order valence-electron chi connectivity index (χ1n) is 7.30. The number of alkyl halides is 3. The first-order valence-corrected chi connectivity index (χ1v) is 9.60. The van der Waals surface area contributed by atoms with Crippen LogP contribution in [0.2, 0.25) is 0 Å². The zero-order valence-corrected chi connectivity index (χ0v) is 14.6. The van der Waals surface area contributed by atoms with Crippen LogP contribution in [-0.2, 0) is 16.4 Å². The van der Waals surface area contributed by atoms with Crippen molar-refractivity contribution in [3.8, 4) is 5.75 Å². The first-order chi connectivity index (χ1) is 12.1. The molecule has 12 heteroatoms. The van der Waals surface area contributed by atoms with Crippen LogP contribution in [0.15, 0.2) is 29.2 Å². The normalized spacial score (nSPS) is 15.0. The number of amides is 1. The van der Waals surface area contributed by atoms with Crippen LogP contribution >= 0.6 is 11.3 Å². The zero-order valence-electron chi connectivity index (χ0n) is 13.0. The van der Waals surface area contributed by atoms with E-state index in [0.29, 0.717) is 30.0 Å². The van der Waals surface area contributed by atoms with Gasteiger partial charge in [0.2, 0.25) is 0 Å². The maximum absolute atomic E-state index is 12.4. The number of sulfonamides is 1. The maximum atomic E-state index is 12.4. The van der Waals surface area contributed by atoms with Gasteiger partial charge in [0.1, 0.15) is 10.6 Å². The van der Waals surface area contributed by atoms with Gasteiger partial charge in [0.05, 0.1) is 10.6 Å². The summed E-state index contributed by atoms with van der Waals surface area (Å²) in [7, 11) is -4.07. The highest BCUT2D eigenvalue weighted by Gasteiger charge is 2.31. The number of benzene rings is 1. The van der Waals surface area contributed by atoms with Gasteiger partial charge >= 0.3 is 6.36 Å². The van der Waals surface area contributed by atoms with E-state index in [1.54, 1.807) is 0 Å². The molecule has 0 bridgehead atoms. The molecule has 0 aliphatic carbocycles. The van der Waals surface area contributed by atoms with Crippen molar-refractivity contribution in [2.75, 3.05) is 11.3 Å². The van der Waals surface area contributed by atoms with Crippen LogP contribution in [0.3, 0.4) is 0 Å². The van der Waals surface area contributed by atoms with Gasteiger partial charge in [-0.2, -0.15) is 0 Å². The Kier molecular flexibility index (Phi) is 4.80. The number of aryl methyl sites for hydroxylation is 1. The summed E-state index contributed by atoms with van der Waals surface area (Å²) in [5.41, 5.74) is 0.511. The Labute approximate surface area is 150 Å². The third-order valence-corrected chi connectivity index (χ3v) is 5.86. The molecule has 3 rings (SSSR count). The Bertz CT molecular complexity index is 924. The Morgan fingerprint density at radius 2 is 1.92 bits per heavy atom. The Morgan fingerprint density at radius 1 is 1.23 bits per heavy atom. The minimum atomic E-state index is -4.86. The fourth-order valence-corrected chi connectivity index (χ4v) is 4.44. The Hall–Kier alpha value is -2.34. The lowest BCUT2D eigenvalue weighted by atomic mass is 10.2. The van der Waals surface area contributed by atoms with Crippen LogP contribution < -0.4 is 14.8 Å². The molecule has 1 aliphatic rings. The van der Waals surface area contributed by atoms with Crippen molar-refractivity contribution in [3.05, 3.63) is 34.8 Å². The van der Waals surface area contributed by atoms with Gasteiger partial charge in [-0.15, -0.1) is 13.2 Å². The van der Waals surface area contributed by atoms with Crippen LogP contribution in [0.1, 0.15) is 21.8 Å². The molecule has 0 fully saturated rings. The molecule has 1 aliphatic heterocycles. The van der Waals surface area contributed by atoms with Crippen molar-refractivity contribution < 1.29 is 31.1 Å². The smallest absolute Gasteiger partial charge is 0.406 e. The van der Waals surface area contributed by atoms with Crippen molar-refractivity contribution in [3.63, 3.8) is 0 Å². The summed E-state index contributed by atoms with van der Waals surface area (Å²) in [5, 5.41) is 2.70. The molecule has 0 saturated carbocycles. The summed E-state index contributed by atoms with van der Waals surface area (Å²) >= 11 is 0.902. The molecule has 1 aromatic heterocycles. The molecule has 0 spiro atoms. The fourth-order valence-electron chi connectivity index (χ4n) is 2.27. The third kappa shape index (κ3) is 4.25. The van der Waals surface area contributed by atoms with E-state index in [1.165, 1.54) is 0 Å². The lowest BCUT2D eigenvalue weighted by molar-refractivity contribution is -0.274. The molecular formula is C14H12F3N3O4S2. The van der Waals surface area contributed by atoms with Crippen LogP contribution in [0.5, 0.6) is 5.75 Å². The predicted molar refractivity (Wildman–Crippen MR) is 86.7 cm³/mol. The fraction of sp³-hybridized carbons (Fsp3) is 0.286. The van der Waals surface area contributed by atoms with E-state index >= 15 is 0 Å². The summed E-state index contributed by atoms with van der Waals surface area (Å²) in [4.78, 5) is 16.1. The number of fused-ring (bicyclic) bond motifs is 1. The molecule has 1 aromatic carbocycles. The summed E-state index contributed by atoms with van der Waals surface area (Å²) in [5.74, 6) is -0.844. The lowest BCUT2D eigenvalue weighted by Gasteiger charge is -2.09. The topological polar surface area (TPSA) is 97.4 Å². The predicted octanol–water partition coefficient (Wildman–Crippen LogP) is 2.52. The third-order valence-electron chi connectivity index (χ3n) is 3.37. The van der Waals surface area contributed by atoms with Crippen LogP contribution in [0.25, 0.3) is 0 Å². The molecule has 0 saturated heterocycles. The van der Waals surface area contributed by atoms with Crippen LogP contribution in [0, 0.1) is 0 Å². The van der Waals surface area contributed by atoms with Gasteiger partial charge in [0.25, 0.3) is 15.9 Å². The second-order valence-corrected chi connectivity index (χ2v) is 7.96. The van der Waals surface area contributed by atoms with Crippen molar-refractivity contribution in [1.29, 1.82) is 0 Å². The summed E-state index contributed by atoms with van der Waals surface area (Å²) in [6.07, 6.45) is -3.64. The van der Waals surface area contributed by atoms with Crippen LogP contribution in [0.4, 0.5) is 18.3 Å². The largest absolute Gasteiger partial charge is 0.573 e. The van der Waals surface area contributed by atoms with E-state index in [9.17, 15) is 26.4 Å². The van der Waals surface area contributed by atoms with Gasteiger partial charge in [-0.05, 0) is 37.1 Å². The van der Waals surface area contributed by atoms with E-state index in [4.69, 9.17) is 0 Å². The van der Waals surface area contributed by atoms with Gasteiger partial charge in [-0.1, -0.05) is 11.3 Å². The highest BCUT2D eigenvalue weighted by atomic mass is 32.2. The molecule has 0 atom stereocenters. The van der Waals surface area contributed by atoms with Crippen molar-refractivity contribution in [2.24, 2.45) is 0 Å². The quantitative estimate of drug-likeness (QED) is 0.812. The average Bonchev–Trinajstić information content (AvgIpc) is 2.84. The molecule has 2 aromatic rings. The molecule has 26 heavy (non-hydrogen) atoms. The van der Waals surface area contributed by atoms with Crippen LogP contribution in [-0.4, -0.2) is 32.2 Å². The SMILES string of the molecule is O=C1NCCCc2nc(NS(=O)(=O)c3ccc(OC(F)(F)F)cc3)sc21. The van der Waals surface area contributed by atoms with E-state index in [-0.39, 0.29) is 15.9 Å². The highest BCUT2D eigenvalue weighted by molar-refractivity contribution is 7.93. The van der Waals surface area contributed by atoms with Gasteiger partial charge < -0.3 is 10.1 Å². The molecule has 7 nitrogen and oxygen atoms in total. The van der Waals surface area contributed by atoms with E-state index in [2.05, 4.69) is 19.8 Å². The summed E-state index contributed by atoms with van der Waals surface area (Å²) < 4.78 is 67.1. The molecule has 0 unspecified atom stereocenters. The molecule has 0 radical (unpaired) electrons. The van der Waals surface area contributed by atoms with Gasteiger partial charge in [0.15, 0.2) is 5.13 Å². The molecule has 2 heterocycles. The first kappa shape index (κ1) is 18.5. The average molecular weight is 407 g/mol. The second-order valence-electron chi connectivity index (χ2n) is 5.28. The number of anilines is 1. The zero-order chi connectivity index (χ0) is 18.9. The Morgan fingerprint density at radius 3 is 2.58 bits per heavy atom. The number of carbonyl (C=O) groups is 1. The minimum absolute atomic E-state index is 0.0164. The summed E-state index contributed by atoms with van der Waals surface area (Å²) in [6, 6.07) is 3.75. The van der Waals surface area contributed by atoms with Gasteiger partial charge in [-0.25, -0.2) is 13.4 Å². The number of hydrogen-bond donors (Lipinski definition) is 2. The highest BCUT2D eigenvalue weighted by Crippen LogP contribution is 2.28. The molecule has 1 amide bonds. The number of carbonyl (C=O) groups excluding carboxylic acids is 1. The summed E-state index contributed by atoms with van der Waals surface area (Å²) in [6.45, 7) is 0.523. The lowest BCUT2D eigenvalue weighted by Crippen LogP contribution is -2.21. The van der Waals surface area contributed by atoms with Gasteiger partial charge in [-0.3, -0.25) is 9.52 Å². The van der Waals surface area contributed by atoms with E-state index in [0.717, 1.165) is 35.6 Å². The van der Waals surface area contributed by atoms with Crippen molar-refractivity contribution >= 4 is 32.4 Å². The molecule has 2 N–H and O–H groups in total. The maximum Gasteiger partial charge on any atom is 0.573 e. The number of ether oxygens (including phenoxy) is 1. The molecule has 140 valence electrons. The van der Waals surface area contributed by atoms with Crippen molar-refractivity contribution in [1.82, 2.24) is 10.3 Å².